The Morgan fingerprint density at radius 3 is 1.46 bits per heavy atom. The molecule has 8 heterocycles. The van der Waals surface area contributed by atoms with Crippen molar-refractivity contribution in [3.63, 3.8) is 0 Å². The molecule has 101 heavy (non-hydrogen) atoms. The third kappa shape index (κ3) is 20.9. The molecule has 0 aliphatic carbocycles. The molecule has 8 aromatic heterocycles. The summed E-state index contributed by atoms with van der Waals surface area (Å²) in [7, 11) is 6.60. The summed E-state index contributed by atoms with van der Waals surface area (Å²) in [5.41, 5.74) is 11.1. The lowest BCUT2D eigenvalue weighted by Gasteiger charge is -2.44. The first-order valence-electron chi connectivity index (χ1n) is 32.1. The predicted octanol–water partition coefficient (Wildman–Crippen LogP) is 17.8. The number of pyridine rings is 2. The molecule has 4 aromatic carbocycles. The van der Waals surface area contributed by atoms with Crippen LogP contribution in [0, 0.1) is 3.57 Å². The van der Waals surface area contributed by atoms with Gasteiger partial charge in [0.1, 0.15) is 52.1 Å². The SMILES string of the molecule is CC(C)[Si](C(C)C)(C(C)C)n1cc(I)c2cc(Cl)cnc21.COC(=O)c1cc(NCc2cccc(Cl)c2)nn1C.Cn1nc(NCc2cccc(Cl)c2)cc1C(O)c1c[nH]c2ncc(Cl)cc12.Cn1nc(NCc2cccc(Cl)c2)cc1C=O.Cn1nc(NCc2cccc(Cl)c2)cc1CO. The van der Waals surface area contributed by atoms with E-state index in [4.69, 9.17) is 74.7 Å². The van der Waals surface area contributed by atoms with Gasteiger partial charge in [0.05, 0.1) is 35.1 Å². The van der Waals surface area contributed by atoms with Crippen LogP contribution in [0.1, 0.15) is 108 Å². The second-order valence-corrected chi connectivity index (χ2v) is 34.0. The smallest absolute Gasteiger partial charge is 0.356 e. The number of ether oxygens (including phenoxy) is 1. The van der Waals surface area contributed by atoms with E-state index in [1.165, 1.54) is 25.4 Å². The van der Waals surface area contributed by atoms with Gasteiger partial charge in [0.25, 0.3) is 0 Å². The first-order valence-corrected chi connectivity index (χ1v) is 37.6. The maximum atomic E-state index is 11.4. The van der Waals surface area contributed by atoms with Crippen molar-refractivity contribution in [2.24, 2.45) is 28.2 Å². The average Bonchev–Trinajstić information content (AvgIpc) is 1.64. The second kappa shape index (κ2) is 36.8. The fourth-order valence-electron chi connectivity index (χ4n) is 12.0. The van der Waals surface area contributed by atoms with Crippen molar-refractivity contribution in [1.29, 1.82) is 0 Å². The highest BCUT2D eigenvalue weighted by atomic mass is 127. The lowest BCUT2D eigenvalue weighted by Crippen LogP contribution is -2.51. The fraction of sp³-hybridized carbons (Fsp3) is 0.278. The Labute approximate surface area is 632 Å². The molecule has 0 aliphatic heterocycles. The van der Waals surface area contributed by atoms with Crippen LogP contribution in [0.5, 0.6) is 0 Å². The van der Waals surface area contributed by atoms with Gasteiger partial charge < -0.3 is 45.4 Å². The molecular weight excluding hydrogens is 1540 g/mol. The number of aliphatic hydroxyl groups is 2. The number of fused-ring (bicyclic) bond motifs is 2. The second-order valence-electron chi connectivity index (χ2n) is 24.5. The van der Waals surface area contributed by atoms with E-state index in [1.54, 1.807) is 74.3 Å². The highest BCUT2D eigenvalue weighted by molar-refractivity contribution is 14.1. The van der Waals surface area contributed by atoms with Gasteiger partial charge in [0.2, 0.25) is 0 Å². The summed E-state index contributed by atoms with van der Waals surface area (Å²) in [6.45, 7) is 16.7. The highest BCUT2D eigenvalue weighted by Crippen LogP contribution is 2.45. The minimum Gasteiger partial charge on any atom is -0.464 e. The van der Waals surface area contributed by atoms with Crippen molar-refractivity contribution in [2.45, 2.75) is 97.1 Å². The highest BCUT2D eigenvalue weighted by Gasteiger charge is 2.46. The molecule has 0 bridgehead atoms. The van der Waals surface area contributed by atoms with E-state index < -0.39 is 20.3 Å². The van der Waals surface area contributed by atoms with Crippen LogP contribution >= 0.6 is 92.2 Å². The van der Waals surface area contributed by atoms with Crippen LogP contribution in [-0.2, 0) is 65.7 Å². The molecule has 0 aliphatic rings. The number of aromatic amines is 1. The molecule has 29 heteroatoms. The van der Waals surface area contributed by atoms with E-state index in [0.717, 1.165) is 56.1 Å². The molecule has 0 spiro atoms. The van der Waals surface area contributed by atoms with E-state index in [2.05, 4.69) is 136 Å². The minimum absolute atomic E-state index is 0.0116. The third-order valence-electron chi connectivity index (χ3n) is 16.7. The van der Waals surface area contributed by atoms with Crippen molar-refractivity contribution >= 4 is 158 Å². The summed E-state index contributed by atoms with van der Waals surface area (Å²) in [5.74, 6) is 2.29. The third-order valence-corrected chi connectivity index (χ3v) is 25.6. The maximum Gasteiger partial charge on any atom is 0.356 e. The Balaban J connectivity index is 0.000000162. The number of hydrogen-bond acceptors (Lipinski definition) is 15. The number of hydrogen-bond donors (Lipinski definition) is 7. The number of methoxy groups -OCH3 is 1. The van der Waals surface area contributed by atoms with Crippen LogP contribution in [0.4, 0.5) is 23.3 Å². The van der Waals surface area contributed by atoms with E-state index >= 15 is 0 Å². The number of aldehydes is 1. The van der Waals surface area contributed by atoms with Gasteiger partial charge in [0.15, 0.2) is 14.5 Å². The fourth-order valence-corrected chi connectivity index (χ4v) is 20.7. The number of nitrogens with zero attached hydrogens (tertiary/aromatic N) is 11. The van der Waals surface area contributed by atoms with Gasteiger partial charge in [-0.3, -0.25) is 23.5 Å². The van der Waals surface area contributed by atoms with E-state index in [0.29, 0.717) is 114 Å². The molecule has 7 N–H and O–H groups in total. The number of carbonyl (C=O) groups is 2. The number of benzene rings is 4. The first kappa shape index (κ1) is 78.8. The lowest BCUT2D eigenvalue weighted by atomic mass is 10.1. The van der Waals surface area contributed by atoms with Gasteiger partial charge in [-0.05, 0) is 122 Å². The summed E-state index contributed by atoms with van der Waals surface area (Å²) in [5, 5.41) is 55.7. The Bertz CT molecular complexity index is 4720. The van der Waals surface area contributed by atoms with Gasteiger partial charge in [0, 0.05) is 143 Å². The monoisotopic (exact) mass is 1610 g/mol. The van der Waals surface area contributed by atoms with Crippen molar-refractivity contribution in [3.05, 3.63) is 243 Å². The largest absolute Gasteiger partial charge is 0.464 e. The zero-order valence-electron chi connectivity index (χ0n) is 57.6. The van der Waals surface area contributed by atoms with Crippen LogP contribution in [0.2, 0.25) is 46.8 Å². The maximum absolute atomic E-state index is 11.4. The van der Waals surface area contributed by atoms with Crippen molar-refractivity contribution in [3.8, 4) is 0 Å². The average molecular weight is 1620 g/mol. The quantitative estimate of drug-likeness (QED) is 0.0153. The van der Waals surface area contributed by atoms with Gasteiger partial charge in [-0.25, -0.2) is 14.8 Å². The van der Waals surface area contributed by atoms with E-state index in [-0.39, 0.29) is 6.61 Å². The number of nitrogens with one attached hydrogen (secondary N) is 5. The minimum atomic E-state index is -1.76. The van der Waals surface area contributed by atoms with E-state index in [1.807, 2.05) is 115 Å². The summed E-state index contributed by atoms with van der Waals surface area (Å²) >= 11 is 38.3. The summed E-state index contributed by atoms with van der Waals surface area (Å²) in [6, 6.07) is 41.3. The summed E-state index contributed by atoms with van der Waals surface area (Å²) in [6.07, 6.45) is 7.30. The van der Waals surface area contributed by atoms with Crippen molar-refractivity contribution in [2.75, 3.05) is 28.4 Å². The van der Waals surface area contributed by atoms with E-state index in [9.17, 15) is 14.7 Å². The Hall–Kier alpha value is -7.95. The molecular formula is C72H81Cl6IN16O5Si. The number of anilines is 4. The Kier molecular flexibility index (Phi) is 28.7. The number of H-pyrrole nitrogens is 1. The number of rotatable bonds is 21. The topological polar surface area (TPSA) is 250 Å². The molecule has 0 saturated carbocycles. The van der Waals surface area contributed by atoms with Crippen LogP contribution in [0.15, 0.2) is 158 Å². The zero-order chi connectivity index (χ0) is 73.2. The van der Waals surface area contributed by atoms with Gasteiger partial charge in [-0.2, -0.15) is 20.4 Å². The summed E-state index contributed by atoms with van der Waals surface area (Å²) in [4.78, 5) is 34.1. The molecule has 0 fully saturated rings. The van der Waals surface area contributed by atoms with Gasteiger partial charge >= 0.3 is 5.97 Å². The predicted molar refractivity (Wildman–Crippen MR) is 420 cm³/mol. The number of carbonyl (C=O) groups excluding carboxylic acids is 2. The Morgan fingerprint density at radius 2 is 1.01 bits per heavy atom. The van der Waals surface area contributed by atoms with Crippen LogP contribution in [0.25, 0.3) is 22.1 Å². The standard InChI is InChI=1S/C19H17Cl2N5O.C16H24ClIN2Si.C13H14ClN3O2.C12H14ClN3O.C12H12ClN3O/c1-26-16(7-17(25-26)22-8-11-3-2-4-12(20)5-11)18(27)15-10-24-19-14(15)6-13(21)9-23-19;1-10(2)21(11(3)4,12(5)6)20-9-15(18)14-7-13(17)8-19-16(14)20;1-17-11(13(18)19-2)7-12(16-17)15-8-9-4-3-5-10(14)6-9;2*1-16-11(8-17)6-12(15-16)14-7-9-3-2-4-10(13)5-9/h2-7,9-10,18,27H,8H2,1H3,(H,22,25)(H,23,24);7-12H,1-6H3;3-7H,8H2,1-2H3,(H,15,16);2-6,17H,7-8H2,1H3,(H,14,15);2-6,8H,7H2,1H3,(H,14,15). The van der Waals surface area contributed by atoms with Crippen molar-refractivity contribution in [1.82, 2.24) is 58.3 Å². The van der Waals surface area contributed by atoms with Crippen LogP contribution in [-0.4, -0.2) is 96.1 Å². The first-order chi connectivity index (χ1) is 48.2. The number of aryl methyl sites for hydroxylation is 4. The van der Waals surface area contributed by atoms with Crippen LogP contribution in [0.3, 0.4) is 0 Å². The molecule has 0 radical (unpaired) electrons. The molecule has 0 amide bonds. The molecule has 12 rings (SSSR count). The van der Waals surface area contributed by atoms with Crippen molar-refractivity contribution < 1.29 is 24.5 Å². The molecule has 532 valence electrons. The zero-order valence-corrected chi connectivity index (χ0v) is 65.3. The number of aromatic nitrogens is 12. The lowest BCUT2D eigenvalue weighted by molar-refractivity contribution is 0.0588. The Morgan fingerprint density at radius 1 is 0.574 bits per heavy atom. The molecule has 1 unspecified atom stereocenters. The molecule has 21 nitrogen and oxygen atoms in total. The van der Waals surface area contributed by atoms with Crippen LogP contribution < -0.4 is 21.3 Å². The number of aliphatic hydroxyl groups excluding tert-OH is 2. The van der Waals surface area contributed by atoms with Gasteiger partial charge in [-0.15, -0.1) is 0 Å². The number of halogens is 7. The molecule has 1 atom stereocenters. The van der Waals surface area contributed by atoms with Gasteiger partial charge in [-0.1, -0.05) is 160 Å². The molecule has 12 aromatic rings. The molecule has 0 saturated heterocycles. The number of esters is 1. The summed E-state index contributed by atoms with van der Waals surface area (Å²) < 4.78 is 14.8. The normalized spacial score (nSPS) is 11.5.